The van der Waals surface area contributed by atoms with Crippen LogP contribution in [0.2, 0.25) is 0 Å². The molecule has 0 saturated heterocycles. The average Bonchev–Trinajstić information content (AvgIpc) is 3.13. The number of carbonyl (C=O) groups is 2. The van der Waals surface area contributed by atoms with Crippen LogP contribution in [0.5, 0.6) is 5.75 Å². The summed E-state index contributed by atoms with van der Waals surface area (Å²) >= 11 is 0. The van der Waals surface area contributed by atoms with Gasteiger partial charge in [-0.2, -0.15) is 0 Å². The largest absolute Gasteiger partial charge is 0.494 e. The van der Waals surface area contributed by atoms with Crippen molar-refractivity contribution >= 4 is 17.8 Å². The highest BCUT2D eigenvalue weighted by molar-refractivity contribution is 5.84. The summed E-state index contributed by atoms with van der Waals surface area (Å²) in [7, 11) is 1.33. The summed E-state index contributed by atoms with van der Waals surface area (Å²) in [6.45, 7) is 4.46. The molecule has 0 fully saturated rings. The van der Waals surface area contributed by atoms with E-state index in [0.29, 0.717) is 78.3 Å². The Kier molecular flexibility index (Phi) is 14.9. The molecule has 1 aliphatic rings. The van der Waals surface area contributed by atoms with Crippen molar-refractivity contribution in [1.82, 2.24) is 14.9 Å². The van der Waals surface area contributed by atoms with E-state index in [1.807, 2.05) is 18.2 Å². The number of nitrogens with zero attached hydrogens (tertiary/aromatic N) is 6. The fourth-order valence-corrected chi connectivity index (χ4v) is 4.29. The van der Waals surface area contributed by atoms with E-state index in [1.165, 1.54) is 7.11 Å². The molecule has 1 aromatic carbocycles. The molecule has 228 valence electrons. The normalized spacial score (nSPS) is 14.5. The fraction of sp³-hybridized carbons (Fsp3) is 0.571. The predicted molar refractivity (Wildman–Crippen MR) is 153 cm³/mol. The van der Waals surface area contributed by atoms with Gasteiger partial charge in [-0.05, 0) is 47.7 Å². The Morgan fingerprint density at radius 1 is 1.07 bits per heavy atom. The summed E-state index contributed by atoms with van der Waals surface area (Å²) in [5, 5.41) is 6.54. The topological polar surface area (TPSA) is 170 Å². The summed E-state index contributed by atoms with van der Waals surface area (Å²) in [4.78, 5) is 38.1. The average molecular weight is 586 g/mol. The van der Waals surface area contributed by atoms with Crippen LogP contribution >= 0.6 is 0 Å². The maximum atomic E-state index is 13.4. The van der Waals surface area contributed by atoms with Crippen molar-refractivity contribution < 1.29 is 33.3 Å². The maximum absolute atomic E-state index is 13.4. The molecule has 0 radical (unpaired) electrons. The van der Waals surface area contributed by atoms with Crippen LogP contribution in [0.3, 0.4) is 0 Å². The highest BCUT2D eigenvalue weighted by Crippen LogP contribution is 2.28. The van der Waals surface area contributed by atoms with Crippen LogP contribution in [-0.4, -0.2) is 99.7 Å². The summed E-state index contributed by atoms with van der Waals surface area (Å²) in [5.41, 5.74) is 10.2. The van der Waals surface area contributed by atoms with Gasteiger partial charge in [-0.1, -0.05) is 11.2 Å². The molecule has 42 heavy (non-hydrogen) atoms. The van der Waals surface area contributed by atoms with Gasteiger partial charge >= 0.3 is 5.97 Å². The van der Waals surface area contributed by atoms with Gasteiger partial charge in [-0.3, -0.25) is 9.59 Å². The highest BCUT2D eigenvalue weighted by atomic mass is 16.5. The molecule has 1 aliphatic heterocycles. The van der Waals surface area contributed by atoms with E-state index in [0.717, 1.165) is 23.3 Å². The Bertz CT molecular complexity index is 1150. The third-order valence-electron chi connectivity index (χ3n) is 6.39. The number of azide groups is 1. The highest BCUT2D eigenvalue weighted by Gasteiger charge is 2.31. The lowest BCUT2D eigenvalue weighted by Gasteiger charge is -2.24. The molecule has 14 nitrogen and oxygen atoms in total. The maximum Gasteiger partial charge on any atom is 0.306 e. The molecule has 0 bridgehead atoms. The summed E-state index contributed by atoms with van der Waals surface area (Å²) in [6, 6.07) is 7.60. The zero-order valence-corrected chi connectivity index (χ0v) is 24.0. The van der Waals surface area contributed by atoms with E-state index in [1.54, 1.807) is 23.4 Å². The lowest BCUT2D eigenvalue weighted by atomic mass is 9.94. The monoisotopic (exact) mass is 585 g/mol. The van der Waals surface area contributed by atoms with E-state index in [2.05, 4.69) is 25.3 Å². The van der Waals surface area contributed by atoms with E-state index in [9.17, 15) is 9.59 Å². The van der Waals surface area contributed by atoms with Crippen molar-refractivity contribution in [2.45, 2.75) is 25.8 Å². The van der Waals surface area contributed by atoms with Crippen molar-refractivity contribution in [2.75, 3.05) is 78.3 Å². The summed E-state index contributed by atoms with van der Waals surface area (Å²) < 4.78 is 27.3. The van der Waals surface area contributed by atoms with Crippen LogP contribution in [-0.2, 0) is 41.5 Å². The number of anilines is 1. The lowest BCUT2D eigenvalue weighted by Crippen LogP contribution is -2.38. The van der Waals surface area contributed by atoms with Gasteiger partial charge in [0.25, 0.3) is 0 Å². The number of nitrogens with one attached hydrogen (secondary N) is 1. The van der Waals surface area contributed by atoms with Gasteiger partial charge in [-0.25, -0.2) is 9.97 Å². The number of benzene rings is 1. The van der Waals surface area contributed by atoms with Gasteiger partial charge in [0.2, 0.25) is 11.9 Å². The van der Waals surface area contributed by atoms with E-state index >= 15 is 0 Å². The smallest absolute Gasteiger partial charge is 0.306 e. The molecule has 1 atom stereocenters. The van der Waals surface area contributed by atoms with E-state index in [4.69, 9.17) is 29.2 Å². The standard InChI is InChI=1S/C28H39N7O7/c1-38-26(36)20-23-18-22-4-5-25(42-11-3-8-32-28-30-6-2-7-31-28)19-24(22)21-35(27(23)37)10-13-40-15-17-41-16-14-39-12-9-33-34-29/h2,4-7,19,23H,3,8-18,20-21H2,1H3,(H,30,31,32)/t23-/m0/s1. The minimum atomic E-state index is -0.515. The zero-order chi connectivity index (χ0) is 29.8. The number of aromatic nitrogens is 2. The molecule has 0 unspecified atom stereocenters. The van der Waals surface area contributed by atoms with Gasteiger partial charge in [0.05, 0.1) is 65.7 Å². The van der Waals surface area contributed by atoms with Gasteiger partial charge in [0, 0.05) is 43.5 Å². The molecule has 1 aromatic heterocycles. The molecule has 1 N–H and O–H groups in total. The molecule has 0 aliphatic carbocycles. The van der Waals surface area contributed by atoms with E-state index in [-0.39, 0.29) is 18.9 Å². The van der Waals surface area contributed by atoms with Crippen LogP contribution in [0.25, 0.3) is 10.4 Å². The van der Waals surface area contributed by atoms with Crippen LogP contribution in [0.4, 0.5) is 5.95 Å². The number of esters is 1. The first-order valence-electron chi connectivity index (χ1n) is 14.0. The molecular formula is C28H39N7O7. The fourth-order valence-electron chi connectivity index (χ4n) is 4.29. The molecule has 2 aromatic rings. The van der Waals surface area contributed by atoms with Crippen LogP contribution in [0.1, 0.15) is 24.0 Å². The number of hydrogen-bond acceptors (Lipinski definition) is 11. The second kappa shape index (κ2) is 19.2. The van der Waals surface area contributed by atoms with Gasteiger partial charge < -0.3 is 33.9 Å². The van der Waals surface area contributed by atoms with Gasteiger partial charge in [-0.15, -0.1) is 0 Å². The second-order valence-corrected chi connectivity index (χ2v) is 9.36. The Labute approximate surface area is 245 Å². The van der Waals surface area contributed by atoms with Crippen molar-refractivity contribution in [1.29, 1.82) is 0 Å². The van der Waals surface area contributed by atoms with Crippen molar-refractivity contribution in [3.8, 4) is 5.75 Å². The quantitative estimate of drug-likeness (QED) is 0.0801. The second-order valence-electron chi connectivity index (χ2n) is 9.36. The van der Waals surface area contributed by atoms with Crippen molar-refractivity contribution in [3.05, 3.63) is 58.2 Å². The predicted octanol–water partition coefficient (Wildman–Crippen LogP) is 2.78. The molecule has 3 rings (SSSR count). The lowest BCUT2D eigenvalue weighted by molar-refractivity contribution is -0.147. The zero-order valence-electron chi connectivity index (χ0n) is 24.0. The molecule has 2 heterocycles. The summed E-state index contributed by atoms with van der Waals surface area (Å²) in [5.74, 6) is 0.264. The van der Waals surface area contributed by atoms with Gasteiger partial charge in [0.15, 0.2) is 0 Å². The molecular weight excluding hydrogens is 546 g/mol. The Balaban J connectivity index is 1.46. The molecule has 0 saturated carbocycles. The van der Waals surface area contributed by atoms with Crippen molar-refractivity contribution in [3.63, 3.8) is 0 Å². The Hall–Kier alpha value is -3.97. The summed E-state index contributed by atoms with van der Waals surface area (Å²) in [6.07, 6.45) is 4.58. The minimum absolute atomic E-state index is 0.0152. The Morgan fingerprint density at radius 3 is 2.55 bits per heavy atom. The molecule has 1 amide bonds. The first kappa shape index (κ1) is 32.5. The third-order valence-corrected chi connectivity index (χ3v) is 6.39. The number of ether oxygens (including phenoxy) is 5. The third kappa shape index (κ3) is 11.9. The number of fused-ring (bicyclic) bond motifs is 1. The molecule has 14 heteroatoms. The van der Waals surface area contributed by atoms with Crippen LogP contribution in [0, 0.1) is 5.92 Å². The minimum Gasteiger partial charge on any atom is -0.494 e. The molecule has 0 spiro atoms. The van der Waals surface area contributed by atoms with E-state index < -0.39 is 11.9 Å². The SMILES string of the molecule is COC(=O)C[C@@H]1Cc2ccc(OCCCNc3ncccn3)cc2CN(CCOCCOCCOCCN=[N+]=[N-])C1=O. The van der Waals surface area contributed by atoms with Crippen LogP contribution < -0.4 is 10.1 Å². The number of carbonyl (C=O) groups excluding carboxylic acids is 2. The number of methoxy groups -OCH3 is 1. The number of hydrogen-bond donors (Lipinski definition) is 1. The van der Waals surface area contributed by atoms with Crippen molar-refractivity contribution in [2.24, 2.45) is 11.0 Å². The van der Waals surface area contributed by atoms with Crippen LogP contribution in [0.15, 0.2) is 41.8 Å². The van der Waals surface area contributed by atoms with Gasteiger partial charge in [0.1, 0.15) is 5.75 Å². The number of amides is 1. The Morgan fingerprint density at radius 2 is 1.81 bits per heavy atom. The first-order chi connectivity index (χ1) is 20.6. The number of rotatable bonds is 20. The first-order valence-corrected chi connectivity index (χ1v) is 14.0.